The molecule has 0 rings (SSSR count). The van der Waals surface area contributed by atoms with E-state index in [1.165, 1.54) is 0 Å². The van der Waals surface area contributed by atoms with Crippen LogP contribution >= 0.6 is 11.6 Å². The third kappa shape index (κ3) is 10.2. The predicted molar refractivity (Wildman–Crippen MR) is 27.1 cm³/mol. The van der Waals surface area contributed by atoms with Gasteiger partial charge in [-0.05, 0) is 0 Å². The predicted octanol–water partition coefficient (Wildman–Crippen LogP) is -2.88. The maximum absolute atomic E-state index is 9.70. The average molecular weight is 168 g/mol. The minimum Gasteiger partial charge on any atom is -0.286 e. The minimum atomic E-state index is -3.81. The van der Waals surface area contributed by atoms with Crippen molar-refractivity contribution in [3.05, 3.63) is 0 Å². The van der Waals surface area contributed by atoms with Crippen molar-refractivity contribution in [1.29, 1.82) is 0 Å². The molecule has 0 atom stereocenters. The molecule has 0 bridgehead atoms. The summed E-state index contributed by atoms with van der Waals surface area (Å²) in [5.41, 5.74) is 0. The smallest absolute Gasteiger partial charge is 0.286 e. The van der Waals surface area contributed by atoms with E-state index >= 15 is 0 Å². The van der Waals surface area contributed by atoms with Crippen LogP contribution in [0.1, 0.15) is 0 Å². The second-order valence-corrected chi connectivity index (χ2v) is 2.93. The summed E-state index contributed by atoms with van der Waals surface area (Å²) in [6.45, 7) is 0. The van der Waals surface area contributed by atoms with E-state index in [-0.39, 0.29) is 41.2 Å². The fourth-order valence-corrected chi connectivity index (χ4v) is 0.877. The largest absolute Gasteiger partial charge is 1.00 e. The van der Waals surface area contributed by atoms with Crippen molar-refractivity contribution >= 4 is 21.7 Å². The molecule has 3 nitrogen and oxygen atoms in total. The van der Waals surface area contributed by atoms with E-state index in [0.717, 1.165) is 0 Å². The van der Waals surface area contributed by atoms with Crippen molar-refractivity contribution in [2.75, 3.05) is 11.6 Å². The maximum Gasteiger partial charge on any atom is 1.00 e. The second-order valence-electron chi connectivity index (χ2n) is 0.975. The Hall–Kier alpha value is 1.20. The van der Waals surface area contributed by atoms with Crippen molar-refractivity contribution in [3.63, 3.8) is 0 Å². The summed E-state index contributed by atoms with van der Waals surface area (Å²) in [5, 5.41) is 0. The molecule has 0 unspecified atom stereocenters. The Bertz CT molecular complexity index is 130. The Labute approximate surface area is 75.4 Å². The Morgan fingerprint density at radius 3 is 1.88 bits per heavy atom. The standard InChI is InChI=1S/C2H5ClO3S.Na/c3-1-2-7(4,5)6;/h1-2H2,(H,4,5,6);/q;+1. The summed E-state index contributed by atoms with van der Waals surface area (Å²) in [7, 11) is -3.81. The SMILES string of the molecule is O=S(=O)(O)CCCl.[Na+]. The summed E-state index contributed by atoms with van der Waals surface area (Å²) in [4.78, 5) is 0. The van der Waals surface area contributed by atoms with Gasteiger partial charge in [0.05, 0.1) is 5.75 Å². The molecule has 0 saturated heterocycles. The van der Waals surface area contributed by atoms with Crippen LogP contribution in [0.3, 0.4) is 0 Å². The van der Waals surface area contributed by atoms with Gasteiger partial charge in [0, 0.05) is 5.88 Å². The van der Waals surface area contributed by atoms with Crippen molar-refractivity contribution in [3.8, 4) is 0 Å². The zero-order valence-electron chi connectivity index (χ0n) is 4.46. The van der Waals surface area contributed by atoms with Gasteiger partial charge in [-0.25, -0.2) is 0 Å². The monoisotopic (exact) mass is 167 g/mol. The first kappa shape index (κ1) is 11.9. The minimum absolute atomic E-state index is 0. The second kappa shape index (κ2) is 5.02. The quantitative estimate of drug-likeness (QED) is 0.273. The molecule has 0 saturated carbocycles. The van der Waals surface area contributed by atoms with Crippen LogP contribution in [0.25, 0.3) is 0 Å². The molecular formula is C2H5ClNaO3S+. The van der Waals surface area contributed by atoms with Gasteiger partial charge in [0.2, 0.25) is 0 Å². The van der Waals surface area contributed by atoms with Crippen LogP contribution in [-0.4, -0.2) is 24.6 Å². The molecule has 0 fully saturated rings. The zero-order chi connectivity index (χ0) is 5.91. The van der Waals surface area contributed by atoms with Gasteiger partial charge < -0.3 is 0 Å². The summed E-state index contributed by atoms with van der Waals surface area (Å²) in [6, 6.07) is 0. The normalized spacial score (nSPS) is 10.2. The number of alkyl halides is 1. The van der Waals surface area contributed by atoms with Gasteiger partial charge in [-0.2, -0.15) is 8.42 Å². The van der Waals surface area contributed by atoms with Crippen molar-refractivity contribution in [2.45, 2.75) is 0 Å². The van der Waals surface area contributed by atoms with Gasteiger partial charge in [-0.15, -0.1) is 11.6 Å². The van der Waals surface area contributed by atoms with E-state index in [2.05, 4.69) is 0 Å². The first-order valence-electron chi connectivity index (χ1n) is 1.57. The third-order valence-corrected chi connectivity index (χ3v) is 1.47. The van der Waals surface area contributed by atoms with E-state index in [1.807, 2.05) is 0 Å². The number of rotatable bonds is 2. The van der Waals surface area contributed by atoms with E-state index in [0.29, 0.717) is 0 Å². The number of hydrogen-bond donors (Lipinski definition) is 1. The molecule has 6 heteroatoms. The van der Waals surface area contributed by atoms with Crippen LogP contribution < -0.4 is 29.6 Å². The molecule has 1 N–H and O–H groups in total. The van der Waals surface area contributed by atoms with Crippen LogP contribution in [0, 0.1) is 0 Å². The van der Waals surface area contributed by atoms with Crippen molar-refractivity contribution < 1.29 is 42.5 Å². The molecule has 0 aliphatic heterocycles. The molecule has 0 aliphatic carbocycles. The van der Waals surface area contributed by atoms with Crippen LogP contribution in [0.15, 0.2) is 0 Å². The molecule has 0 aromatic rings. The fraction of sp³-hybridized carbons (Fsp3) is 1.00. The van der Waals surface area contributed by atoms with Crippen LogP contribution in [-0.2, 0) is 10.1 Å². The molecule has 0 aliphatic rings. The van der Waals surface area contributed by atoms with Crippen LogP contribution in [0.4, 0.5) is 0 Å². The van der Waals surface area contributed by atoms with Crippen molar-refractivity contribution in [2.24, 2.45) is 0 Å². The summed E-state index contributed by atoms with van der Waals surface area (Å²) >= 11 is 4.95. The number of hydrogen-bond acceptors (Lipinski definition) is 2. The average Bonchev–Trinajstić information content (AvgIpc) is 1.30. The van der Waals surface area contributed by atoms with Gasteiger partial charge in [-0.3, -0.25) is 4.55 Å². The third-order valence-electron chi connectivity index (χ3n) is 0.335. The molecule has 0 aromatic heterocycles. The Morgan fingerprint density at radius 1 is 1.50 bits per heavy atom. The number of halogens is 1. The molecule has 0 radical (unpaired) electrons. The Kier molecular flexibility index (Phi) is 7.49. The fourth-order valence-electron chi connectivity index (χ4n) is 0.0975. The molecule has 0 spiro atoms. The van der Waals surface area contributed by atoms with E-state index < -0.39 is 10.1 Å². The van der Waals surface area contributed by atoms with Gasteiger partial charge in [0.25, 0.3) is 10.1 Å². The summed E-state index contributed by atoms with van der Waals surface area (Å²) in [6.07, 6.45) is 0. The maximum atomic E-state index is 9.70. The molecule has 0 amide bonds. The zero-order valence-corrected chi connectivity index (χ0v) is 8.04. The first-order valence-corrected chi connectivity index (χ1v) is 3.72. The van der Waals surface area contributed by atoms with Crippen molar-refractivity contribution in [1.82, 2.24) is 0 Å². The Balaban J connectivity index is 0. The topological polar surface area (TPSA) is 54.4 Å². The van der Waals surface area contributed by atoms with E-state index in [4.69, 9.17) is 16.2 Å². The van der Waals surface area contributed by atoms with Gasteiger partial charge in [-0.1, -0.05) is 0 Å². The van der Waals surface area contributed by atoms with E-state index in [9.17, 15) is 8.42 Å². The molecule has 8 heavy (non-hydrogen) atoms. The summed E-state index contributed by atoms with van der Waals surface area (Å²) < 4.78 is 27.3. The molecular weight excluding hydrogens is 163 g/mol. The molecule has 44 valence electrons. The van der Waals surface area contributed by atoms with Gasteiger partial charge in [0.1, 0.15) is 0 Å². The Morgan fingerprint density at radius 2 is 1.88 bits per heavy atom. The molecule has 0 aromatic carbocycles. The van der Waals surface area contributed by atoms with Crippen LogP contribution in [0.2, 0.25) is 0 Å². The van der Waals surface area contributed by atoms with Gasteiger partial charge in [0.15, 0.2) is 0 Å². The van der Waals surface area contributed by atoms with Gasteiger partial charge >= 0.3 is 29.6 Å². The van der Waals surface area contributed by atoms with E-state index in [1.54, 1.807) is 0 Å². The summed E-state index contributed by atoms with van der Waals surface area (Å²) in [5.74, 6) is -0.423. The van der Waals surface area contributed by atoms with Crippen LogP contribution in [0.5, 0.6) is 0 Å². The molecule has 0 heterocycles. The first-order chi connectivity index (χ1) is 3.06.